The van der Waals surface area contributed by atoms with E-state index < -0.39 is 12.6 Å². The zero-order valence-electron chi connectivity index (χ0n) is 4.16. The number of hydrogen-bond donors (Lipinski definition) is 0. The van der Waals surface area contributed by atoms with Gasteiger partial charge in [0.1, 0.15) is 0 Å². The fraction of sp³-hybridized carbons (Fsp3) is 1.00. The van der Waals surface area contributed by atoms with Crippen LogP contribution in [0.1, 0.15) is 6.42 Å². The fourth-order valence-electron chi connectivity index (χ4n) is 0.200. The van der Waals surface area contributed by atoms with Crippen LogP contribution in [-0.4, -0.2) is 6.18 Å². The van der Waals surface area contributed by atoms with Gasteiger partial charge >= 0.3 is 49.1 Å². The van der Waals surface area contributed by atoms with Crippen molar-refractivity contribution >= 4 is 24.0 Å². The van der Waals surface area contributed by atoms with Crippen molar-refractivity contribution in [2.45, 2.75) is 17.6 Å². The molecule has 47 valence electrons. The van der Waals surface area contributed by atoms with Crippen LogP contribution in [-0.2, 0) is 18.3 Å². The summed E-state index contributed by atoms with van der Waals surface area (Å²) in [6, 6.07) is 0. The average Bonchev–Trinajstić information content (AvgIpc) is 1.30. The Labute approximate surface area is 72.9 Å². The van der Waals surface area contributed by atoms with Crippen molar-refractivity contribution in [2.24, 2.45) is 0 Å². The van der Waals surface area contributed by atoms with Gasteiger partial charge in [-0.1, -0.05) is 0 Å². The SMILES string of the molecule is FC(F)(F)C[CH2][Zn].I. The Morgan fingerprint density at radius 3 is 1.62 bits per heavy atom. The minimum Gasteiger partial charge on any atom is -0.107 e. The standard InChI is InChI=1S/C3H4F3.HI.Zn/c1-2-3(4,5)6;;/h1-2H2;1H;. The van der Waals surface area contributed by atoms with Crippen molar-refractivity contribution in [3.8, 4) is 0 Å². The van der Waals surface area contributed by atoms with Gasteiger partial charge in [0.15, 0.2) is 0 Å². The van der Waals surface area contributed by atoms with Crippen LogP contribution in [0, 0.1) is 0 Å². The Morgan fingerprint density at radius 2 is 1.62 bits per heavy atom. The van der Waals surface area contributed by atoms with Crippen molar-refractivity contribution in [1.29, 1.82) is 0 Å². The maximum Gasteiger partial charge on any atom is -0.107 e. The van der Waals surface area contributed by atoms with Gasteiger partial charge in [-0.3, -0.25) is 0 Å². The molecule has 0 saturated carbocycles. The van der Waals surface area contributed by atoms with E-state index in [1.165, 1.54) is 0 Å². The number of rotatable bonds is 1. The second-order valence-electron chi connectivity index (χ2n) is 1.22. The molecule has 8 heavy (non-hydrogen) atoms. The summed E-state index contributed by atoms with van der Waals surface area (Å²) in [5.74, 6) is 0. The Kier molecular flexibility index (Phi) is 7.38. The van der Waals surface area contributed by atoms with Crippen molar-refractivity contribution in [3.05, 3.63) is 0 Å². The first-order valence-electron chi connectivity index (χ1n) is 1.92. The van der Waals surface area contributed by atoms with Gasteiger partial charge in [-0.2, -0.15) is 0 Å². The Bertz CT molecular complexity index is 53.0. The van der Waals surface area contributed by atoms with Crippen LogP contribution >= 0.6 is 24.0 Å². The normalized spacial score (nSPS) is 10.6. The van der Waals surface area contributed by atoms with Gasteiger partial charge in [0, 0.05) is 0 Å². The average molecular weight is 290 g/mol. The van der Waals surface area contributed by atoms with Gasteiger partial charge < -0.3 is 0 Å². The quantitative estimate of drug-likeness (QED) is 0.514. The van der Waals surface area contributed by atoms with Crippen LogP contribution in [0.15, 0.2) is 0 Å². The molecule has 0 nitrogen and oxygen atoms in total. The Balaban J connectivity index is 0. The van der Waals surface area contributed by atoms with Crippen LogP contribution in [0.25, 0.3) is 0 Å². The van der Waals surface area contributed by atoms with E-state index in [-0.39, 0.29) is 24.0 Å². The zero-order chi connectivity index (χ0) is 5.91. The summed E-state index contributed by atoms with van der Waals surface area (Å²) < 4.78 is 33.2. The summed E-state index contributed by atoms with van der Waals surface area (Å²) in [6.45, 7) is 0. The van der Waals surface area contributed by atoms with E-state index in [1.54, 1.807) is 0 Å². The number of alkyl halides is 3. The molecule has 0 rings (SSSR count). The molecule has 0 amide bonds. The summed E-state index contributed by atoms with van der Waals surface area (Å²) in [6.07, 6.45) is -4.52. The van der Waals surface area contributed by atoms with Gasteiger partial charge in [-0.05, 0) is 0 Å². The molecule has 0 N–H and O–H groups in total. The van der Waals surface area contributed by atoms with E-state index in [9.17, 15) is 13.2 Å². The molecule has 0 aromatic rings. The maximum atomic E-state index is 11.1. The Morgan fingerprint density at radius 1 is 1.25 bits per heavy atom. The molecule has 0 atom stereocenters. The molecular weight excluding hydrogens is 285 g/mol. The first-order chi connectivity index (χ1) is 3.06. The number of hydrogen-bond acceptors (Lipinski definition) is 0. The van der Waals surface area contributed by atoms with E-state index in [0.29, 0.717) is 5.02 Å². The van der Waals surface area contributed by atoms with Gasteiger partial charge in [0.2, 0.25) is 0 Å². The summed E-state index contributed by atoms with van der Waals surface area (Å²) in [5, 5.41) is 0.309. The topological polar surface area (TPSA) is 0 Å². The zero-order valence-corrected chi connectivity index (χ0v) is 9.46. The molecule has 0 unspecified atom stereocenters. The molecule has 0 spiro atoms. The molecule has 0 radical (unpaired) electrons. The molecule has 0 bridgehead atoms. The Hall–Kier alpha value is 1.14. The van der Waals surface area contributed by atoms with Crippen LogP contribution in [0.2, 0.25) is 5.02 Å². The fourth-order valence-corrected chi connectivity index (χ4v) is 1.04. The molecule has 0 aromatic carbocycles. The first kappa shape index (κ1) is 11.9. The van der Waals surface area contributed by atoms with Crippen LogP contribution in [0.5, 0.6) is 0 Å². The van der Waals surface area contributed by atoms with E-state index >= 15 is 0 Å². The van der Waals surface area contributed by atoms with Gasteiger partial charge in [0.25, 0.3) is 0 Å². The van der Waals surface area contributed by atoms with Crippen molar-refractivity contribution in [1.82, 2.24) is 0 Å². The predicted octanol–water partition coefficient (Wildman–Crippen LogP) is 2.52. The first-order valence-corrected chi connectivity index (χ1v) is 4.02. The summed E-state index contributed by atoms with van der Waals surface area (Å²) in [7, 11) is 0. The third kappa shape index (κ3) is 10.2. The second kappa shape index (κ2) is 4.97. The van der Waals surface area contributed by atoms with E-state index in [2.05, 4.69) is 0 Å². The number of halogens is 4. The molecular formula is C3H5F3IZn. The molecule has 0 aliphatic heterocycles. The monoisotopic (exact) mass is 289 g/mol. The maximum absolute atomic E-state index is 11.1. The van der Waals surface area contributed by atoms with E-state index in [0.717, 1.165) is 18.3 Å². The molecule has 0 aliphatic rings. The minimum absolute atomic E-state index is 0. The molecule has 0 aliphatic carbocycles. The van der Waals surface area contributed by atoms with Crippen molar-refractivity contribution in [2.75, 3.05) is 0 Å². The summed E-state index contributed by atoms with van der Waals surface area (Å²) in [4.78, 5) is 0. The van der Waals surface area contributed by atoms with E-state index in [4.69, 9.17) is 0 Å². The largest absolute Gasteiger partial charge is 0.107 e. The van der Waals surface area contributed by atoms with E-state index in [1.807, 2.05) is 0 Å². The molecule has 0 aromatic heterocycles. The van der Waals surface area contributed by atoms with Crippen LogP contribution < -0.4 is 0 Å². The van der Waals surface area contributed by atoms with Gasteiger partial charge in [0.05, 0.1) is 0 Å². The van der Waals surface area contributed by atoms with Crippen molar-refractivity contribution < 1.29 is 31.5 Å². The van der Waals surface area contributed by atoms with Gasteiger partial charge in [-0.25, -0.2) is 0 Å². The third-order valence-electron chi connectivity index (χ3n) is 0.460. The molecule has 0 saturated heterocycles. The van der Waals surface area contributed by atoms with Crippen LogP contribution in [0.3, 0.4) is 0 Å². The van der Waals surface area contributed by atoms with Gasteiger partial charge in [-0.15, -0.1) is 24.0 Å². The van der Waals surface area contributed by atoms with Crippen LogP contribution in [0.4, 0.5) is 13.2 Å². The summed E-state index contributed by atoms with van der Waals surface area (Å²) in [5.41, 5.74) is 0. The second-order valence-corrected chi connectivity index (χ2v) is 2.70. The minimum atomic E-state index is -3.92. The predicted molar refractivity (Wildman–Crippen MR) is 30.9 cm³/mol. The third-order valence-corrected chi connectivity index (χ3v) is 1.20. The summed E-state index contributed by atoms with van der Waals surface area (Å²) >= 11 is 0.736. The smallest absolute Gasteiger partial charge is 0.107 e. The van der Waals surface area contributed by atoms with Crippen molar-refractivity contribution in [3.63, 3.8) is 0 Å². The molecule has 0 fully saturated rings. The molecule has 5 heteroatoms. The molecule has 0 heterocycles.